The largest absolute Gasteiger partial charge is 0.502 e. The Morgan fingerprint density at radius 3 is 2.61 bits per heavy atom. The van der Waals surface area contributed by atoms with E-state index in [0.717, 1.165) is 62.4 Å². The Morgan fingerprint density at radius 1 is 1.12 bits per heavy atom. The van der Waals surface area contributed by atoms with Gasteiger partial charge in [-0.25, -0.2) is 9.37 Å². The standard InChI is InChI=1S/C25H36FN5O2/c1-31(2)24-19-6-4-5-7-21(19)29-25(30-24)28-18-10-8-16(9-11-18)14-27-15-17-12-20(26)23(32)22(13-17)33-3/h12-13,16,18,27,32H,4-11,14-15H2,1-3H3,(H,28,29,30). The molecule has 0 spiro atoms. The Morgan fingerprint density at radius 2 is 1.88 bits per heavy atom. The fourth-order valence-electron chi connectivity index (χ4n) is 5.01. The first kappa shape index (κ1) is 23.5. The molecule has 2 aliphatic carbocycles. The van der Waals surface area contributed by atoms with Gasteiger partial charge < -0.3 is 25.4 Å². The van der Waals surface area contributed by atoms with E-state index in [2.05, 4.69) is 29.6 Å². The van der Waals surface area contributed by atoms with Crippen LogP contribution in [0.15, 0.2) is 12.1 Å². The summed E-state index contributed by atoms with van der Waals surface area (Å²) >= 11 is 0. The number of fused-ring (bicyclic) bond motifs is 1. The second-order valence-electron chi connectivity index (χ2n) is 9.52. The number of halogens is 1. The van der Waals surface area contributed by atoms with Gasteiger partial charge in [-0.05, 0) is 81.5 Å². The maximum Gasteiger partial charge on any atom is 0.225 e. The number of aryl methyl sites for hydroxylation is 1. The molecule has 2 aliphatic rings. The van der Waals surface area contributed by atoms with Crippen molar-refractivity contribution in [3.63, 3.8) is 0 Å². The predicted molar refractivity (Wildman–Crippen MR) is 129 cm³/mol. The number of benzene rings is 1. The number of hydrogen-bond acceptors (Lipinski definition) is 7. The summed E-state index contributed by atoms with van der Waals surface area (Å²) in [5, 5.41) is 16.7. The van der Waals surface area contributed by atoms with E-state index < -0.39 is 11.6 Å². The summed E-state index contributed by atoms with van der Waals surface area (Å²) in [7, 11) is 5.54. The molecule has 7 nitrogen and oxygen atoms in total. The second kappa shape index (κ2) is 10.5. The van der Waals surface area contributed by atoms with Crippen molar-refractivity contribution in [3.8, 4) is 11.5 Å². The normalized spacial score (nSPS) is 20.2. The SMILES string of the molecule is COc1cc(CNCC2CCC(Nc3nc4c(c(N(C)C)n3)CCCC4)CC2)cc(F)c1O. The summed E-state index contributed by atoms with van der Waals surface area (Å²) in [6.45, 7) is 1.43. The van der Waals surface area contributed by atoms with Crippen LogP contribution in [0.2, 0.25) is 0 Å². The average Bonchev–Trinajstić information content (AvgIpc) is 2.81. The first-order chi connectivity index (χ1) is 15.9. The van der Waals surface area contributed by atoms with Crippen LogP contribution < -0.4 is 20.3 Å². The third kappa shape index (κ3) is 5.66. The quantitative estimate of drug-likeness (QED) is 0.552. The van der Waals surface area contributed by atoms with Crippen LogP contribution in [-0.4, -0.2) is 48.9 Å². The number of rotatable bonds is 8. The van der Waals surface area contributed by atoms with E-state index in [-0.39, 0.29) is 5.75 Å². The number of phenolic OH excluding ortho intramolecular Hbond substituents is 1. The van der Waals surface area contributed by atoms with E-state index in [4.69, 9.17) is 14.7 Å². The van der Waals surface area contributed by atoms with Crippen LogP contribution in [0.25, 0.3) is 0 Å². The van der Waals surface area contributed by atoms with Gasteiger partial charge in [-0.3, -0.25) is 0 Å². The number of aromatic nitrogens is 2. The molecule has 2 aromatic rings. The molecule has 1 heterocycles. The van der Waals surface area contributed by atoms with Crippen molar-refractivity contribution in [2.75, 3.05) is 38.0 Å². The minimum atomic E-state index is -0.653. The highest BCUT2D eigenvalue weighted by Gasteiger charge is 2.24. The molecule has 0 amide bonds. The maximum absolute atomic E-state index is 13.8. The summed E-state index contributed by atoms with van der Waals surface area (Å²) in [4.78, 5) is 11.8. The monoisotopic (exact) mass is 457 g/mol. The highest BCUT2D eigenvalue weighted by molar-refractivity contribution is 5.53. The summed E-state index contributed by atoms with van der Waals surface area (Å²) in [6.07, 6.45) is 8.98. The van der Waals surface area contributed by atoms with Gasteiger partial charge in [0.15, 0.2) is 17.3 Å². The number of aromatic hydroxyl groups is 1. The molecule has 1 aromatic carbocycles. The van der Waals surface area contributed by atoms with Gasteiger partial charge in [-0.15, -0.1) is 0 Å². The lowest BCUT2D eigenvalue weighted by Gasteiger charge is -2.30. The molecule has 33 heavy (non-hydrogen) atoms. The number of nitrogens with zero attached hydrogens (tertiary/aromatic N) is 3. The summed E-state index contributed by atoms with van der Waals surface area (Å²) in [5.41, 5.74) is 3.29. The highest BCUT2D eigenvalue weighted by atomic mass is 19.1. The van der Waals surface area contributed by atoms with E-state index >= 15 is 0 Å². The van der Waals surface area contributed by atoms with Crippen molar-refractivity contribution in [1.82, 2.24) is 15.3 Å². The Kier molecular flexibility index (Phi) is 7.53. The number of nitrogens with one attached hydrogen (secondary N) is 2. The Labute approximate surface area is 195 Å². The molecule has 0 aliphatic heterocycles. The van der Waals surface area contributed by atoms with Crippen molar-refractivity contribution < 1.29 is 14.2 Å². The van der Waals surface area contributed by atoms with Crippen molar-refractivity contribution in [2.45, 2.75) is 64.0 Å². The second-order valence-corrected chi connectivity index (χ2v) is 9.52. The lowest BCUT2D eigenvalue weighted by molar-refractivity contribution is 0.323. The zero-order valence-electron chi connectivity index (χ0n) is 20.0. The first-order valence-electron chi connectivity index (χ1n) is 12.0. The molecule has 8 heteroatoms. The number of hydrogen-bond donors (Lipinski definition) is 3. The van der Waals surface area contributed by atoms with Crippen molar-refractivity contribution >= 4 is 11.8 Å². The average molecular weight is 458 g/mol. The molecular weight excluding hydrogens is 421 g/mol. The molecule has 0 atom stereocenters. The molecular formula is C25H36FN5O2. The molecule has 1 aromatic heterocycles. The van der Waals surface area contributed by atoms with Crippen molar-refractivity contribution in [1.29, 1.82) is 0 Å². The number of methoxy groups -OCH3 is 1. The maximum atomic E-state index is 13.8. The molecule has 0 bridgehead atoms. The van der Waals surface area contributed by atoms with E-state index in [1.165, 1.54) is 37.3 Å². The van der Waals surface area contributed by atoms with Gasteiger partial charge in [0.25, 0.3) is 0 Å². The zero-order valence-corrected chi connectivity index (χ0v) is 20.0. The Balaban J connectivity index is 1.27. The van der Waals surface area contributed by atoms with Gasteiger partial charge in [-0.1, -0.05) is 0 Å². The zero-order chi connectivity index (χ0) is 23.4. The Hall–Kier alpha value is -2.61. The van der Waals surface area contributed by atoms with E-state index in [1.54, 1.807) is 6.07 Å². The van der Waals surface area contributed by atoms with Crippen molar-refractivity contribution in [2.24, 2.45) is 5.92 Å². The minimum Gasteiger partial charge on any atom is -0.502 e. The lowest BCUT2D eigenvalue weighted by atomic mass is 9.86. The molecule has 1 fully saturated rings. The summed E-state index contributed by atoms with van der Waals surface area (Å²) in [6, 6.07) is 3.42. The van der Waals surface area contributed by atoms with Crippen LogP contribution in [0, 0.1) is 11.7 Å². The number of anilines is 2. The first-order valence-corrected chi connectivity index (χ1v) is 12.0. The highest BCUT2D eigenvalue weighted by Crippen LogP contribution is 2.31. The summed E-state index contributed by atoms with van der Waals surface area (Å²) < 4.78 is 18.9. The lowest BCUT2D eigenvalue weighted by Crippen LogP contribution is -2.32. The molecule has 3 N–H and O–H groups in total. The van der Waals surface area contributed by atoms with Crippen LogP contribution in [0.5, 0.6) is 11.5 Å². The summed E-state index contributed by atoms with van der Waals surface area (Å²) in [5.74, 6) is 1.49. The Bertz CT molecular complexity index is 960. The molecule has 0 radical (unpaired) electrons. The third-order valence-electron chi connectivity index (χ3n) is 6.84. The van der Waals surface area contributed by atoms with Gasteiger partial charge in [0.2, 0.25) is 5.95 Å². The van der Waals surface area contributed by atoms with Gasteiger partial charge in [0.05, 0.1) is 12.8 Å². The van der Waals surface area contributed by atoms with Crippen LogP contribution >= 0.6 is 0 Å². The predicted octanol–water partition coefficient (Wildman–Crippen LogP) is 4.04. The number of phenols is 1. The van der Waals surface area contributed by atoms with E-state index in [9.17, 15) is 9.50 Å². The van der Waals surface area contributed by atoms with E-state index in [0.29, 0.717) is 18.5 Å². The molecule has 0 saturated heterocycles. The van der Waals surface area contributed by atoms with Gasteiger partial charge in [0, 0.05) is 32.2 Å². The van der Waals surface area contributed by atoms with E-state index in [1.807, 2.05) is 0 Å². The van der Waals surface area contributed by atoms with Gasteiger partial charge in [0.1, 0.15) is 5.82 Å². The van der Waals surface area contributed by atoms with Gasteiger partial charge >= 0.3 is 0 Å². The molecule has 180 valence electrons. The third-order valence-corrected chi connectivity index (χ3v) is 6.84. The van der Waals surface area contributed by atoms with Crippen LogP contribution in [0.4, 0.5) is 16.2 Å². The molecule has 0 unspecified atom stereocenters. The van der Waals surface area contributed by atoms with Crippen LogP contribution in [0.1, 0.15) is 55.3 Å². The van der Waals surface area contributed by atoms with Crippen LogP contribution in [0.3, 0.4) is 0 Å². The van der Waals surface area contributed by atoms with Crippen molar-refractivity contribution in [3.05, 3.63) is 34.8 Å². The van der Waals surface area contributed by atoms with Gasteiger partial charge in [-0.2, -0.15) is 4.98 Å². The number of ether oxygens (including phenoxy) is 1. The fourth-order valence-corrected chi connectivity index (χ4v) is 5.01. The van der Waals surface area contributed by atoms with Crippen LogP contribution in [-0.2, 0) is 19.4 Å². The fraction of sp³-hybridized carbons (Fsp3) is 0.600. The topological polar surface area (TPSA) is 82.5 Å². The smallest absolute Gasteiger partial charge is 0.225 e. The minimum absolute atomic E-state index is 0.167. The molecule has 1 saturated carbocycles. The molecule has 4 rings (SSSR count).